The summed E-state index contributed by atoms with van der Waals surface area (Å²) in [5.74, 6) is 1.31. The molecule has 1 heterocycles. The molecular formula is C22H21N3O2. The van der Waals surface area contributed by atoms with E-state index in [1.165, 1.54) is 0 Å². The highest BCUT2D eigenvalue weighted by atomic mass is 16.5. The van der Waals surface area contributed by atoms with Crippen molar-refractivity contribution in [3.63, 3.8) is 0 Å². The number of nitrogens with zero attached hydrogens (tertiary/aromatic N) is 2. The van der Waals surface area contributed by atoms with Gasteiger partial charge in [-0.1, -0.05) is 42.5 Å². The van der Waals surface area contributed by atoms with Gasteiger partial charge in [0.1, 0.15) is 11.6 Å². The van der Waals surface area contributed by atoms with Crippen LogP contribution in [-0.2, 0) is 6.54 Å². The Morgan fingerprint density at radius 1 is 1.04 bits per heavy atom. The minimum absolute atomic E-state index is 0.0738. The zero-order chi connectivity index (χ0) is 18.8. The first-order chi connectivity index (χ1) is 13.2. The van der Waals surface area contributed by atoms with Crippen molar-refractivity contribution in [2.24, 2.45) is 5.73 Å². The van der Waals surface area contributed by atoms with Gasteiger partial charge in [0.2, 0.25) is 0 Å². The molecule has 5 nitrogen and oxygen atoms in total. The van der Waals surface area contributed by atoms with Crippen LogP contribution in [0.3, 0.4) is 0 Å². The molecule has 0 aliphatic rings. The van der Waals surface area contributed by atoms with Gasteiger partial charge in [-0.15, -0.1) is 0 Å². The molecule has 0 spiro atoms. The molecule has 0 saturated carbocycles. The summed E-state index contributed by atoms with van der Waals surface area (Å²) in [5, 5.41) is 2.74. The molecule has 4 rings (SSSR count). The van der Waals surface area contributed by atoms with Crippen LogP contribution in [-0.4, -0.2) is 23.2 Å². The minimum Gasteiger partial charge on any atom is -0.497 e. The van der Waals surface area contributed by atoms with Gasteiger partial charge < -0.3 is 10.5 Å². The van der Waals surface area contributed by atoms with Crippen LogP contribution in [0.5, 0.6) is 5.75 Å². The monoisotopic (exact) mass is 359 g/mol. The lowest BCUT2D eigenvalue weighted by molar-refractivity contribution is 0.415. The van der Waals surface area contributed by atoms with Gasteiger partial charge in [-0.05, 0) is 41.9 Å². The summed E-state index contributed by atoms with van der Waals surface area (Å²) in [6.07, 6.45) is 0.703. The van der Waals surface area contributed by atoms with Crippen molar-refractivity contribution in [1.82, 2.24) is 9.55 Å². The number of nitrogens with two attached hydrogens (primary N) is 1. The molecule has 27 heavy (non-hydrogen) atoms. The summed E-state index contributed by atoms with van der Waals surface area (Å²) in [6.45, 7) is 1.03. The number of methoxy groups -OCH3 is 1. The fraction of sp³-hybridized carbons (Fsp3) is 0.182. The third-order valence-electron chi connectivity index (χ3n) is 4.78. The normalized spacial score (nSPS) is 11.2. The van der Waals surface area contributed by atoms with Crippen molar-refractivity contribution >= 4 is 21.7 Å². The summed E-state index contributed by atoms with van der Waals surface area (Å²) in [6, 6.07) is 19.6. The van der Waals surface area contributed by atoms with Crippen LogP contribution in [0, 0.1) is 0 Å². The smallest absolute Gasteiger partial charge is 0.261 e. The van der Waals surface area contributed by atoms with Crippen LogP contribution in [0.15, 0.2) is 65.5 Å². The Labute approximate surface area is 157 Å². The summed E-state index contributed by atoms with van der Waals surface area (Å²) in [7, 11) is 1.59. The fourth-order valence-electron chi connectivity index (χ4n) is 3.41. The van der Waals surface area contributed by atoms with E-state index in [0.717, 1.165) is 16.3 Å². The second-order valence-electron chi connectivity index (χ2n) is 6.44. The second kappa shape index (κ2) is 7.21. The summed E-state index contributed by atoms with van der Waals surface area (Å²) in [4.78, 5) is 18.1. The molecule has 0 atom stereocenters. The van der Waals surface area contributed by atoms with E-state index in [1.807, 2.05) is 36.4 Å². The second-order valence-corrected chi connectivity index (χ2v) is 6.44. The van der Waals surface area contributed by atoms with E-state index >= 15 is 0 Å². The highest BCUT2D eigenvalue weighted by Crippen LogP contribution is 2.28. The van der Waals surface area contributed by atoms with E-state index in [0.29, 0.717) is 42.0 Å². The maximum atomic E-state index is 13.3. The SMILES string of the molecule is COc1ccc2nc(-c3cccc4ccccc34)n(CCCN)c(=O)c2c1. The zero-order valence-electron chi connectivity index (χ0n) is 15.2. The van der Waals surface area contributed by atoms with Gasteiger partial charge in [0, 0.05) is 12.1 Å². The molecule has 0 fully saturated rings. The standard InChI is InChI=1S/C22H21N3O2/c1-27-16-10-11-20-19(14-16)22(26)25(13-5-12-23)21(24-20)18-9-4-7-15-6-2-3-8-17(15)18/h2-4,6-11,14H,5,12-13,23H2,1H3. The Morgan fingerprint density at radius 2 is 1.85 bits per heavy atom. The summed E-state index contributed by atoms with van der Waals surface area (Å²) >= 11 is 0. The summed E-state index contributed by atoms with van der Waals surface area (Å²) < 4.78 is 7.01. The summed E-state index contributed by atoms with van der Waals surface area (Å²) in [5.41, 5.74) is 7.24. The van der Waals surface area contributed by atoms with Gasteiger partial charge in [0.25, 0.3) is 5.56 Å². The molecular weight excluding hydrogens is 338 g/mol. The van der Waals surface area contributed by atoms with Gasteiger partial charge in [-0.25, -0.2) is 4.98 Å². The third-order valence-corrected chi connectivity index (χ3v) is 4.78. The molecule has 0 bridgehead atoms. The lowest BCUT2D eigenvalue weighted by atomic mass is 10.0. The van der Waals surface area contributed by atoms with E-state index in [1.54, 1.807) is 17.7 Å². The van der Waals surface area contributed by atoms with E-state index in [-0.39, 0.29) is 5.56 Å². The van der Waals surface area contributed by atoms with Gasteiger partial charge in [-0.2, -0.15) is 0 Å². The molecule has 0 amide bonds. The van der Waals surface area contributed by atoms with E-state index in [2.05, 4.69) is 18.2 Å². The highest BCUT2D eigenvalue weighted by Gasteiger charge is 2.15. The number of fused-ring (bicyclic) bond motifs is 2. The first-order valence-corrected chi connectivity index (χ1v) is 8.99. The van der Waals surface area contributed by atoms with E-state index < -0.39 is 0 Å². The number of hydrogen-bond acceptors (Lipinski definition) is 4. The van der Waals surface area contributed by atoms with Crippen LogP contribution < -0.4 is 16.0 Å². The van der Waals surface area contributed by atoms with E-state index in [9.17, 15) is 4.79 Å². The van der Waals surface area contributed by atoms with Crippen molar-refractivity contribution in [3.05, 3.63) is 71.0 Å². The number of hydrogen-bond donors (Lipinski definition) is 1. The molecule has 0 aliphatic carbocycles. The van der Waals surface area contributed by atoms with Crippen LogP contribution in [0.2, 0.25) is 0 Å². The molecule has 3 aromatic carbocycles. The maximum absolute atomic E-state index is 13.3. The Hall–Kier alpha value is -3.18. The maximum Gasteiger partial charge on any atom is 0.261 e. The van der Waals surface area contributed by atoms with Gasteiger partial charge >= 0.3 is 0 Å². The Bertz CT molecular complexity index is 1180. The molecule has 4 aromatic rings. The van der Waals surface area contributed by atoms with Crippen LogP contribution in [0.1, 0.15) is 6.42 Å². The molecule has 0 saturated heterocycles. The van der Waals surface area contributed by atoms with Crippen molar-refractivity contribution < 1.29 is 4.74 Å². The highest BCUT2D eigenvalue weighted by molar-refractivity contribution is 5.96. The molecule has 1 aromatic heterocycles. The zero-order valence-corrected chi connectivity index (χ0v) is 15.2. The first-order valence-electron chi connectivity index (χ1n) is 8.99. The topological polar surface area (TPSA) is 70.1 Å². The number of rotatable bonds is 5. The Kier molecular flexibility index (Phi) is 4.60. The Morgan fingerprint density at radius 3 is 2.67 bits per heavy atom. The van der Waals surface area contributed by atoms with Crippen molar-refractivity contribution in [1.29, 1.82) is 0 Å². The molecule has 136 valence electrons. The number of aromatic nitrogens is 2. The first kappa shape index (κ1) is 17.2. The number of ether oxygens (including phenoxy) is 1. The molecule has 0 radical (unpaired) electrons. The van der Waals surface area contributed by atoms with Gasteiger partial charge in [0.15, 0.2) is 0 Å². The Balaban J connectivity index is 2.05. The average molecular weight is 359 g/mol. The van der Waals surface area contributed by atoms with E-state index in [4.69, 9.17) is 15.5 Å². The van der Waals surface area contributed by atoms with Crippen LogP contribution in [0.25, 0.3) is 33.1 Å². The molecule has 0 unspecified atom stereocenters. The van der Waals surface area contributed by atoms with Crippen molar-refractivity contribution in [2.45, 2.75) is 13.0 Å². The lowest BCUT2D eigenvalue weighted by Gasteiger charge is -2.15. The molecule has 5 heteroatoms. The lowest BCUT2D eigenvalue weighted by Crippen LogP contribution is -2.25. The van der Waals surface area contributed by atoms with Gasteiger partial charge in [-0.3, -0.25) is 9.36 Å². The van der Waals surface area contributed by atoms with Gasteiger partial charge in [0.05, 0.1) is 18.0 Å². The minimum atomic E-state index is -0.0738. The van der Waals surface area contributed by atoms with Crippen molar-refractivity contribution in [2.75, 3.05) is 13.7 Å². The number of benzene rings is 3. The predicted octanol–water partition coefficient (Wildman–Crippen LogP) is 3.57. The predicted molar refractivity (Wildman–Crippen MR) is 109 cm³/mol. The average Bonchev–Trinajstić information content (AvgIpc) is 2.72. The van der Waals surface area contributed by atoms with Crippen molar-refractivity contribution in [3.8, 4) is 17.1 Å². The largest absolute Gasteiger partial charge is 0.497 e. The fourth-order valence-corrected chi connectivity index (χ4v) is 3.41. The molecule has 0 aliphatic heterocycles. The molecule has 2 N–H and O–H groups in total. The van der Waals surface area contributed by atoms with Crippen LogP contribution >= 0.6 is 0 Å². The quantitative estimate of drug-likeness (QED) is 0.591. The van der Waals surface area contributed by atoms with Crippen LogP contribution in [0.4, 0.5) is 0 Å². The third kappa shape index (κ3) is 3.06.